The SMILES string of the molecule is C#CCCOc1c(Br)cc(CC(C)N)cc1OCC. The smallest absolute Gasteiger partial charge is 0.175 e. The second kappa shape index (κ2) is 8.08. The van der Waals surface area contributed by atoms with Gasteiger partial charge in [0.25, 0.3) is 0 Å². The summed E-state index contributed by atoms with van der Waals surface area (Å²) in [5.74, 6) is 3.97. The molecule has 0 saturated carbocycles. The summed E-state index contributed by atoms with van der Waals surface area (Å²) < 4.78 is 12.2. The van der Waals surface area contributed by atoms with E-state index in [1.54, 1.807) is 0 Å². The normalized spacial score (nSPS) is 11.7. The van der Waals surface area contributed by atoms with Crippen LogP contribution in [-0.2, 0) is 6.42 Å². The molecule has 0 aliphatic heterocycles. The number of ether oxygens (including phenoxy) is 2. The number of hydrogen-bond donors (Lipinski definition) is 1. The van der Waals surface area contributed by atoms with E-state index in [2.05, 4.69) is 21.9 Å². The molecule has 1 aromatic carbocycles. The maximum absolute atomic E-state index is 5.83. The first-order valence-electron chi connectivity index (χ1n) is 6.35. The number of halogens is 1. The Balaban J connectivity index is 2.97. The minimum atomic E-state index is 0.106. The fourth-order valence-electron chi connectivity index (χ4n) is 1.73. The largest absolute Gasteiger partial charge is 0.490 e. The van der Waals surface area contributed by atoms with E-state index in [-0.39, 0.29) is 6.04 Å². The van der Waals surface area contributed by atoms with Crippen LogP contribution in [0.15, 0.2) is 16.6 Å². The molecule has 0 spiro atoms. The molecular weight excluding hydrogens is 306 g/mol. The first kappa shape index (κ1) is 15.9. The van der Waals surface area contributed by atoms with Crippen LogP contribution in [0.5, 0.6) is 11.5 Å². The van der Waals surface area contributed by atoms with Crippen LogP contribution < -0.4 is 15.2 Å². The average molecular weight is 326 g/mol. The van der Waals surface area contributed by atoms with E-state index >= 15 is 0 Å². The van der Waals surface area contributed by atoms with Crippen molar-refractivity contribution in [1.29, 1.82) is 0 Å². The second-order valence-electron chi connectivity index (χ2n) is 4.32. The van der Waals surface area contributed by atoms with Gasteiger partial charge >= 0.3 is 0 Å². The summed E-state index contributed by atoms with van der Waals surface area (Å²) in [7, 11) is 0. The minimum absolute atomic E-state index is 0.106. The van der Waals surface area contributed by atoms with E-state index in [9.17, 15) is 0 Å². The second-order valence-corrected chi connectivity index (χ2v) is 5.18. The van der Waals surface area contributed by atoms with Crippen LogP contribution in [0.2, 0.25) is 0 Å². The third kappa shape index (κ3) is 5.14. The van der Waals surface area contributed by atoms with Gasteiger partial charge in [-0.3, -0.25) is 0 Å². The monoisotopic (exact) mass is 325 g/mol. The van der Waals surface area contributed by atoms with Gasteiger partial charge in [-0.1, -0.05) is 0 Å². The number of terminal acetylenes is 1. The number of benzene rings is 1. The van der Waals surface area contributed by atoms with Gasteiger partial charge in [0, 0.05) is 12.5 Å². The Morgan fingerprint density at radius 3 is 2.74 bits per heavy atom. The Kier molecular flexibility index (Phi) is 6.75. The highest BCUT2D eigenvalue weighted by molar-refractivity contribution is 9.10. The van der Waals surface area contributed by atoms with Crippen molar-refractivity contribution in [2.24, 2.45) is 5.73 Å². The predicted molar refractivity (Wildman–Crippen MR) is 81.6 cm³/mol. The van der Waals surface area contributed by atoms with E-state index in [1.165, 1.54) is 0 Å². The van der Waals surface area contributed by atoms with Crippen molar-refractivity contribution in [3.8, 4) is 23.8 Å². The van der Waals surface area contributed by atoms with Gasteiger partial charge in [-0.25, -0.2) is 0 Å². The van der Waals surface area contributed by atoms with Crippen molar-refractivity contribution in [3.63, 3.8) is 0 Å². The molecule has 1 aromatic rings. The van der Waals surface area contributed by atoms with E-state index in [4.69, 9.17) is 21.6 Å². The number of rotatable bonds is 7. The van der Waals surface area contributed by atoms with Gasteiger partial charge in [-0.2, -0.15) is 0 Å². The van der Waals surface area contributed by atoms with Crippen LogP contribution in [0.3, 0.4) is 0 Å². The Labute approximate surface area is 123 Å². The summed E-state index contributed by atoms with van der Waals surface area (Å²) in [6, 6.07) is 4.09. The summed E-state index contributed by atoms with van der Waals surface area (Å²) in [6.45, 7) is 4.98. The molecule has 0 fully saturated rings. The Morgan fingerprint density at radius 2 is 2.16 bits per heavy atom. The lowest BCUT2D eigenvalue weighted by Gasteiger charge is -2.15. The zero-order valence-electron chi connectivity index (χ0n) is 11.4. The zero-order chi connectivity index (χ0) is 14.3. The Morgan fingerprint density at radius 1 is 1.42 bits per heavy atom. The molecule has 0 aromatic heterocycles. The predicted octanol–water partition coefficient (Wildman–Crippen LogP) is 3.14. The van der Waals surface area contributed by atoms with Gasteiger partial charge in [0.1, 0.15) is 0 Å². The van der Waals surface area contributed by atoms with Crippen LogP contribution in [0, 0.1) is 12.3 Å². The van der Waals surface area contributed by atoms with Crippen molar-refractivity contribution < 1.29 is 9.47 Å². The molecule has 0 amide bonds. The van der Waals surface area contributed by atoms with E-state index in [0.717, 1.165) is 22.2 Å². The molecule has 0 aliphatic carbocycles. The maximum Gasteiger partial charge on any atom is 0.175 e. The summed E-state index contributed by atoms with van der Waals surface area (Å²) in [5.41, 5.74) is 6.95. The molecule has 4 heteroatoms. The fraction of sp³-hybridized carbons (Fsp3) is 0.467. The number of nitrogens with two attached hydrogens (primary N) is 1. The average Bonchev–Trinajstić information content (AvgIpc) is 2.32. The molecule has 0 aliphatic rings. The van der Waals surface area contributed by atoms with Gasteiger partial charge in [-0.15, -0.1) is 12.3 Å². The summed E-state index contributed by atoms with van der Waals surface area (Å²) in [4.78, 5) is 0. The molecule has 19 heavy (non-hydrogen) atoms. The standard InChI is InChI=1S/C15H20BrNO2/c1-4-6-7-19-15-13(16)9-12(8-11(3)17)10-14(15)18-5-2/h1,9-11H,5-8,17H2,2-3H3. The lowest BCUT2D eigenvalue weighted by molar-refractivity contribution is 0.280. The van der Waals surface area contributed by atoms with Crippen molar-refractivity contribution in [2.45, 2.75) is 32.7 Å². The van der Waals surface area contributed by atoms with Crippen LogP contribution in [-0.4, -0.2) is 19.3 Å². The lowest BCUT2D eigenvalue weighted by atomic mass is 10.1. The van der Waals surface area contributed by atoms with Crippen molar-refractivity contribution in [2.75, 3.05) is 13.2 Å². The highest BCUT2D eigenvalue weighted by atomic mass is 79.9. The van der Waals surface area contributed by atoms with Gasteiger partial charge < -0.3 is 15.2 Å². The van der Waals surface area contributed by atoms with Gasteiger partial charge in [-0.05, 0) is 53.9 Å². The molecule has 0 bridgehead atoms. The fourth-order valence-corrected chi connectivity index (χ4v) is 2.33. The molecule has 1 unspecified atom stereocenters. The maximum atomic E-state index is 5.83. The highest BCUT2D eigenvalue weighted by Crippen LogP contribution is 2.37. The molecule has 0 radical (unpaired) electrons. The molecule has 0 saturated heterocycles. The molecule has 3 nitrogen and oxygen atoms in total. The molecule has 1 rings (SSSR count). The zero-order valence-corrected chi connectivity index (χ0v) is 13.0. The lowest BCUT2D eigenvalue weighted by Crippen LogP contribution is -2.17. The summed E-state index contributed by atoms with van der Waals surface area (Å²) >= 11 is 3.51. The van der Waals surface area contributed by atoms with E-state index < -0.39 is 0 Å². The summed E-state index contributed by atoms with van der Waals surface area (Å²) in [6.07, 6.45) is 6.58. The van der Waals surface area contributed by atoms with Crippen molar-refractivity contribution in [3.05, 3.63) is 22.2 Å². The van der Waals surface area contributed by atoms with E-state index in [1.807, 2.05) is 26.0 Å². The summed E-state index contributed by atoms with van der Waals surface area (Å²) in [5, 5.41) is 0. The topological polar surface area (TPSA) is 44.5 Å². The van der Waals surface area contributed by atoms with Crippen LogP contribution in [0.4, 0.5) is 0 Å². The van der Waals surface area contributed by atoms with Gasteiger partial charge in [0.2, 0.25) is 0 Å². The highest BCUT2D eigenvalue weighted by Gasteiger charge is 2.12. The minimum Gasteiger partial charge on any atom is -0.490 e. The molecule has 2 N–H and O–H groups in total. The number of hydrogen-bond acceptors (Lipinski definition) is 3. The Bertz CT molecular complexity index is 452. The third-order valence-corrected chi connectivity index (χ3v) is 3.01. The van der Waals surface area contributed by atoms with Gasteiger partial charge in [0.05, 0.1) is 17.7 Å². The van der Waals surface area contributed by atoms with Crippen molar-refractivity contribution in [1.82, 2.24) is 0 Å². The molecule has 1 atom stereocenters. The first-order valence-corrected chi connectivity index (χ1v) is 7.14. The van der Waals surface area contributed by atoms with Crippen LogP contribution >= 0.6 is 15.9 Å². The van der Waals surface area contributed by atoms with E-state index in [0.29, 0.717) is 25.4 Å². The van der Waals surface area contributed by atoms with Gasteiger partial charge in [0.15, 0.2) is 11.5 Å². The molecule has 0 heterocycles. The quantitative estimate of drug-likeness (QED) is 0.618. The van der Waals surface area contributed by atoms with Crippen molar-refractivity contribution >= 4 is 15.9 Å². The van der Waals surface area contributed by atoms with Crippen LogP contribution in [0.25, 0.3) is 0 Å². The van der Waals surface area contributed by atoms with Crippen LogP contribution in [0.1, 0.15) is 25.8 Å². The molecular formula is C15H20BrNO2. The third-order valence-electron chi connectivity index (χ3n) is 2.42. The Hall–Kier alpha value is -1.18. The first-order chi connectivity index (χ1) is 9.08. The molecule has 104 valence electrons.